The molecule has 54 heavy (non-hydrogen) atoms. The van der Waals surface area contributed by atoms with Gasteiger partial charge in [-0.3, -0.25) is 14.5 Å². The fourth-order valence-electron chi connectivity index (χ4n) is 7.43. The smallest absolute Gasteiger partial charge is 0.306 e. The largest absolute Gasteiger partial charge is 0.462 e. The summed E-state index contributed by atoms with van der Waals surface area (Å²) in [6, 6.07) is 0.146. The third-order valence-corrected chi connectivity index (χ3v) is 11.1. The van der Waals surface area contributed by atoms with Crippen LogP contribution in [0.4, 0.5) is 0 Å². The van der Waals surface area contributed by atoms with Crippen molar-refractivity contribution in [1.29, 1.82) is 0 Å². The molecule has 316 valence electrons. The van der Waals surface area contributed by atoms with E-state index in [4.69, 9.17) is 9.47 Å². The van der Waals surface area contributed by atoms with E-state index in [-0.39, 0.29) is 30.2 Å². The molecule has 0 fully saturated rings. The zero-order valence-electron chi connectivity index (χ0n) is 36.0. The molecule has 1 aliphatic rings. The van der Waals surface area contributed by atoms with Gasteiger partial charge in [0.1, 0.15) is 12.2 Å². The van der Waals surface area contributed by atoms with Gasteiger partial charge in [-0.15, -0.1) is 0 Å². The lowest BCUT2D eigenvalue weighted by molar-refractivity contribution is -0.150. The lowest BCUT2D eigenvalue weighted by Gasteiger charge is -2.37. The molecular weight excluding hydrogens is 679 g/mol. The Balaban J connectivity index is 2.44. The number of hydrogen-bond acceptors (Lipinski definition) is 8. The van der Waals surface area contributed by atoms with Crippen molar-refractivity contribution in [2.45, 2.75) is 239 Å². The van der Waals surface area contributed by atoms with Crippen molar-refractivity contribution in [2.75, 3.05) is 19.6 Å². The summed E-state index contributed by atoms with van der Waals surface area (Å²) in [5, 5.41) is 22.3. The van der Waals surface area contributed by atoms with Crippen molar-refractivity contribution in [3.63, 3.8) is 0 Å². The van der Waals surface area contributed by atoms with Crippen LogP contribution in [0.1, 0.15) is 208 Å². The molecule has 0 aliphatic carbocycles. The van der Waals surface area contributed by atoms with E-state index in [1.165, 1.54) is 64.2 Å². The highest BCUT2D eigenvalue weighted by Crippen LogP contribution is 2.19. The molecular formula is C45H86N3O6+. The van der Waals surface area contributed by atoms with Gasteiger partial charge in [-0.25, -0.2) is 9.57 Å². The van der Waals surface area contributed by atoms with Crippen molar-refractivity contribution in [1.82, 2.24) is 14.5 Å². The van der Waals surface area contributed by atoms with Gasteiger partial charge in [-0.05, 0) is 70.1 Å². The zero-order valence-corrected chi connectivity index (χ0v) is 36.0. The van der Waals surface area contributed by atoms with Gasteiger partial charge >= 0.3 is 11.9 Å². The number of aliphatic hydroxyl groups is 2. The lowest BCUT2D eigenvalue weighted by atomic mass is 9.99. The average molecular weight is 765 g/mol. The van der Waals surface area contributed by atoms with E-state index in [1.54, 1.807) is 0 Å². The number of carbonyl (C=O) groups excluding carboxylic acids is 2. The standard InChI is InChI=1S/C45H86N3O6/c1-7-11-13-15-17-23-29-41(9-3)53-44(51)31-25-19-21-27-39(49)33-48(43(38(5)6)35-47-36-46-37-47)34-40(50)28-22-20-26-32-45(52)54-42(10-4)30-24-18-16-14-12-8-2/h36-43,49-50H,7-35H2,1-6H3/q+1. The van der Waals surface area contributed by atoms with Gasteiger partial charge in [0.25, 0.3) is 12.7 Å². The number of rotatable bonds is 38. The van der Waals surface area contributed by atoms with Crippen molar-refractivity contribution in [2.24, 2.45) is 5.92 Å². The predicted molar refractivity (Wildman–Crippen MR) is 226 cm³/mol. The monoisotopic (exact) mass is 765 g/mol. The summed E-state index contributed by atoms with van der Waals surface area (Å²) in [4.78, 5) is 29.3. The molecule has 0 radical (unpaired) electrons. The van der Waals surface area contributed by atoms with Gasteiger partial charge in [0, 0.05) is 32.0 Å². The maximum atomic E-state index is 12.5. The van der Waals surface area contributed by atoms with Gasteiger partial charge in [0.2, 0.25) is 0 Å². The van der Waals surface area contributed by atoms with E-state index in [0.717, 1.165) is 83.6 Å². The minimum absolute atomic E-state index is 0.0303. The van der Waals surface area contributed by atoms with E-state index in [9.17, 15) is 19.8 Å². The third kappa shape index (κ3) is 26.0. The quantitative estimate of drug-likeness (QED) is 0.0363. The molecule has 0 saturated heterocycles. The second-order valence-electron chi connectivity index (χ2n) is 16.5. The number of carbonyl (C=O) groups is 2. The summed E-state index contributed by atoms with van der Waals surface area (Å²) in [5.41, 5.74) is 0. The van der Waals surface area contributed by atoms with Gasteiger partial charge in [-0.1, -0.05) is 131 Å². The van der Waals surface area contributed by atoms with Crippen LogP contribution >= 0.6 is 0 Å². The molecule has 0 spiro atoms. The topological polar surface area (TPSA) is 114 Å². The second-order valence-corrected chi connectivity index (χ2v) is 16.5. The SMILES string of the molecule is CCCCCCCCC(CC)OC(=O)CCCCCC(O)CN(CC(O)CCCCCC(=O)OC(CC)CCCCCCCC)C(CN1C=[N+]=C1)C(C)C. The number of hydrogen-bond donors (Lipinski definition) is 2. The summed E-state index contributed by atoms with van der Waals surface area (Å²) >= 11 is 0. The first-order chi connectivity index (χ1) is 26.1. The Hall–Kier alpha value is -1.93. The molecule has 2 N–H and O–H groups in total. The molecule has 5 atom stereocenters. The Kier molecular flexibility index (Phi) is 30.8. The fourth-order valence-corrected chi connectivity index (χ4v) is 7.43. The second kappa shape index (κ2) is 33.2. The van der Waals surface area contributed by atoms with Crippen LogP contribution in [0.25, 0.3) is 0 Å². The molecule has 9 heteroatoms. The number of aliphatic hydroxyl groups excluding tert-OH is 2. The number of unbranched alkanes of at least 4 members (excludes halogenated alkanes) is 14. The number of esters is 2. The molecule has 0 amide bonds. The summed E-state index contributed by atoms with van der Waals surface area (Å²) in [6.07, 6.45) is 28.5. The van der Waals surface area contributed by atoms with Crippen LogP contribution < -0.4 is 4.67 Å². The minimum atomic E-state index is -0.514. The first-order valence-electron chi connectivity index (χ1n) is 22.7. The summed E-state index contributed by atoms with van der Waals surface area (Å²) in [6.45, 7) is 14.8. The van der Waals surface area contributed by atoms with Crippen molar-refractivity contribution < 1.29 is 29.3 Å². The molecule has 1 aliphatic heterocycles. The van der Waals surface area contributed by atoms with E-state index in [2.05, 4.69) is 56.0 Å². The molecule has 1 rings (SSSR count). The molecule has 0 aromatic carbocycles. The van der Waals surface area contributed by atoms with Gasteiger partial charge < -0.3 is 19.7 Å². The predicted octanol–water partition coefficient (Wildman–Crippen LogP) is 9.52. The van der Waals surface area contributed by atoms with Crippen molar-refractivity contribution in [3.05, 3.63) is 0 Å². The van der Waals surface area contributed by atoms with Crippen LogP contribution in [0.2, 0.25) is 0 Å². The van der Waals surface area contributed by atoms with E-state index in [0.29, 0.717) is 44.7 Å². The molecule has 0 aromatic rings. The van der Waals surface area contributed by atoms with Crippen LogP contribution in [0.15, 0.2) is 0 Å². The van der Waals surface area contributed by atoms with E-state index >= 15 is 0 Å². The highest BCUT2D eigenvalue weighted by atomic mass is 16.5. The molecule has 0 saturated carbocycles. The van der Waals surface area contributed by atoms with Crippen LogP contribution in [0.5, 0.6) is 0 Å². The summed E-state index contributed by atoms with van der Waals surface area (Å²) in [5.74, 6) is 0.136. The number of ether oxygens (including phenoxy) is 2. The van der Waals surface area contributed by atoms with Crippen LogP contribution in [-0.2, 0) is 19.1 Å². The lowest BCUT2D eigenvalue weighted by Crippen LogP contribution is -2.52. The first kappa shape index (κ1) is 50.1. The Bertz CT molecular complexity index is 922. The first-order valence-corrected chi connectivity index (χ1v) is 22.7. The van der Waals surface area contributed by atoms with Crippen LogP contribution in [0, 0.1) is 5.92 Å². The summed E-state index contributed by atoms with van der Waals surface area (Å²) < 4.78 is 15.7. The molecule has 5 unspecified atom stereocenters. The number of nitrogens with zero attached hydrogens (tertiary/aromatic N) is 3. The Morgan fingerprint density at radius 1 is 0.593 bits per heavy atom. The Morgan fingerprint density at radius 2 is 0.981 bits per heavy atom. The normalized spacial score (nSPS) is 15.3. The Labute approximate surface area is 332 Å². The highest BCUT2D eigenvalue weighted by Gasteiger charge is 2.30. The summed E-state index contributed by atoms with van der Waals surface area (Å²) in [7, 11) is 0. The maximum absolute atomic E-state index is 12.5. The van der Waals surface area contributed by atoms with Crippen LogP contribution in [-0.4, -0.2) is 94.7 Å². The van der Waals surface area contributed by atoms with Gasteiger partial charge in [0.15, 0.2) is 0 Å². The third-order valence-electron chi connectivity index (χ3n) is 11.1. The Morgan fingerprint density at radius 3 is 1.35 bits per heavy atom. The molecule has 9 nitrogen and oxygen atoms in total. The van der Waals surface area contributed by atoms with E-state index < -0.39 is 12.2 Å². The highest BCUT2D eigenvalue weighted by molar-refractivity contribution is 5.83. The molecule has 1 heterocycles. The van der Waals surface area contributed by atoms with Crippen LogP contribution in [0.3, 0.4) is 0 Å². The van der Waals surface area contributed by atoms with E-state index in [1.807, 2.05) is 12.7 Å². The maximum Gasteiger partial charge on any atom is 0.306 e. The van der Waals surface area contributed by atoms with Crippen molar-refractivity contribution in [3.8, 4) is 0 Å². The van der Waals surface area contributed by atoms with Gasteiger partial charge in [0.05, 0.1) is 18.8 Å². The van der Waals surface area contributed by atoms with Gasteiger partial charge in [-0.2, -0.15) is 0 Å². The van der Waals surface area contributed by atoms with Crippen molar-refractivity contribution >= 4 is 24.6 Å². The average Bonchev–Trinajstić information content (AvgIpc) is 3.12. The minimum Gasteiger partial charge on any atom is -0.462 e. The zero-order chi connectivity index (χ0) is 39.8. The molecule has 0 bridgehead atoms. The fraction of sp³-hybridized carbons (Fsp3) is 0.911. The molecule has 0 aromatic heterocycles.